The molecule has 0 atom stereocenters. The molecule has 0 radical (unpaired) electrons. The minimum atomic E-state index is 0.599. The first-order valence-corrected chi connectivity index (χ1v) is 8.89. The molecule has 3 rings (SSSR count). The topological polar surface area (TPSA) is 39.7 Å². The molecule has 5 heteroatoms. The first-order chi connectivity index (χ1) is 11.7. The number of halogens is 1. The Hall–Kier alpha value is -1.72. The molecule has 2 aromatic rings. The number of hydrogen-bond donors (Lipinski definition) is 1. The third-order valence-corrected chi connectivity index (χ3v) is 4.58. The van der Waals surface area contributed by atoms with E-state index in [1.54, 1.807) is 7.11 Å². The van der Waals surface area contributed by atoms with Gasteiger partial charge in [-0.25, -0.2) is 0 Å². The van der Waals surface area contributed by atoms with Crippen molar-refractivity contribution in [3.05, 3.63) is 51.5 Å². The Morgan fingerprint density at radius 2 is 2.00 bits per heavy atom. The minimum Gasteiger partial charge on any atom is -0.496 e. The quantitative estimate of drug-likeness (QED) is 0.758. The third kappa shape index (κ3) is 4.02. The smallest absolute Gasteiger partial charge is 0.175 e. The van der Waals surface area contributed by atoms with Crippen molar-refractivity contribution < 1.29 is 14.2 Å². The van der Waals surface area contributed by atoms with Crippen molar-refractivity contribution in [3.63, 3.8) is 0 Å². The van der Waals surface area contributed by atoms with Crippen LogP contribution in [0.4, 0.5) is 0 Å². The summed E-state index contributed by atoms with van der Waals surface area (Å²) in [6.45, 7) is 4.96. The molecule has 1 aliphatic heterocycles. The van der Waals surface area contributed by atoms with Crippen LogP contribution < -0.4 is 19.5 Å². The monoisotopic (exact) mass is 391 g/mol. The molecule has 0 aliphatic carbocycles. The van der Waals surface area contributed by atoms with Gasteiger partial charge in [0.05, 0.1) is 11.6 Å². The van der Waals surface area contributed by atoms with Crippen LogP contribution in [0.2, 0.25) is 0 Å². The second kappa shape index (κ2) is 7.90. The standard InChI is InChI=1S/C19H22BrNO3/c1-13-3-4-17(22-2)15(9-13)5-6-21-12-14-10-16(20)19-18(11-14)23-7-8-24-19/h3-4,9-11,21H,5-8,12H2,1-2H3. The molecular weight excluding hydrogens is 370 g/mol. The molecule has 0 spiro atoms. The third-order valence-electron chi connectivity index (χ3n) is 3.99. The summed E-state index contributed by atoms with van der Waals surface area (Å²) >= 11 is 3.56. The van der Waals surface area contributed by atoms with E-state index in [1.165, 1.54) is 16.7 Å². The van der Waals surface area contributed by atoms with E-state index in [0.29, 0.717) is 13.2 Å². The number of benzene rings is 2. The van der Waals surface area contributed by atoms with Gasteiger partial charge >= 0.3 is 0 Å². The summed E-state index contributed by atoms with van der Waals surface area (Å²) in [5.74, 6) is 2.56. The van der Waals surface area contributed by atoms with Crippen LogP contribution in [0.1, 0.15) is 16.7 Å². The first-order valence-electron chi connectivity index (χ1n) is 8.09. The van der Waals surface area contributed by atoms with Crippen molar-refractivity contribution in [2.45, 2.75) is 19.9 Å². The van der Waals surface area contributed by atoms with Crippen molar-refractivity contribution >= 4 is 15.9 Å². The summed E-state index contributed by atoms with van der Waals surface area (Å²) in [4.78, 5) is 0. The second-order valence-corrected chi connectivity index (χ2v) is 6.70. The highest BCUT2D eigenvalue weighted by Crippen LogP contribution is 2.38. The fraction of sp³-hybridized carbons (Fsp3) is 0.368. The Kier molecular flexibility index (Phi) is 5.63. The molecule has 0 amide bonds. The summed E-state index contributed by atoms with van der Waals surface area (Å²) in [5.41, 5.74) is 3.65. The summed E-state index contributed by atoms with van der Waals surface area (Å²) in [6.07, 6.45) is 0.927. The Morgan fingerprint density at radius 3 is 2.83 bits per heavy atom. The molecule has 1 aliphatic rings. The molecule has 0 unspecified atom stereocenters. The van der Waals surface area contributed by atoms with E-state index in [0.717, 1.165) is 41.2 Å². The fourth-order valence-electron chi connectivity index (χ4n) is 2.82. The van der Waals surface area contributed by atoms with E-state index in [4.69, 9.17) is 14.2 Å². The van der Waals surface area contributed by atoms with Crippen molar-refractivity contribution in [1.82, 2.24) is 5.32 Å². The van der Waals surface area contributed by atoms with E-state index >= 15 is 0 Å². The number of methoxy groups -OCH3 is 1. The molecule has 0 saturated carbocycles. The second-order valence-electron chi connectivity index (χ2n) is 5.84. The van der Waals surface area contributed by atoms with Crippen LogP contribution in [0, 0.1) is 6.92 Å². The zero-order valence-corrected chi connectivity index (χ0v) is 15.6. The van der Waals surface area contributed by atoms with Crippen LogP contribution in [-0.4, -0.2) is 26.9 Å². The highest BCUT2D eigenvalue weighted by Gasteiger charge is 2.16. The maximum absolute atomic E-state index is 5.66. The molecule has 1 N–H and O–H groups in total. The molecule has 2 aromatic carbocycles. The van der Waals surface area contributed by atoms with Crippen molar-refractivity contribution in [1.29, 1.82) is 0 Å². The number of nitrogens with one attached hydrogen (secondary N) is 1. The summed E-state index contributed by atoms with van der Waals surface area (Å²) in [6, 6.07) is 10.4. The van der Waals surface area contributed by atoms with Gasteiger partial charge in [-0.05, 0) is 65.1 Å². The van der Waals surface area contributed by atoms with Gasteiger partial charge in [0.25, 0.3) is 0 Å². The summed E-state index contributed by atoms with van der Waals surface area (Å²) in [7, 11) is 1.72. The Balaban J connectivity index is 1.57. The molecule has 0 aromatic heterocycles. The van der Waals surface area contributed by atoms with E-state index in [-0.39, 0.29) is 0 Å². The van der Waals surface area contributed by atoms with Gasteiger partial charge in [-0.2, -0.15) is 0 Å². The minimum absolute atomic E-state index is 0.599. The first kappa shape index (κ1) is 17.1. The summed E-state index contributed by atoms with van der Waals surface area (Å²) < 4.78 is 17.7. The van der Waals surface area contributed by atoms with Crippen LogP contribution in [0.15, 0.2) is 34.8 Å². The van der Waals surface area contributed by atoms with Crippen LogP contribution >= 0.6 is 15.9 Å². The SMILES string of the molecule is COc1ccc(C)cc1CCNCc1cc(Br)c2c(c1)OCCO2. The molecule has 24 heavy (non-hydrogen) atoms. The van der Waals surface area contributed by atoms with E-state index in [1.807, 2.05) is 12.1 Å². The van der Waals surface area contributed by atoms with Crippen LogP contribution in [-0.2, 0) is 13.0 Å². The zero-order valence-electron chi connectivity index (χ0n) is 14.0. The Bertz CT molecular complexity index is 718. The molecular formula is C19H22BrNO3. The van der Waals surface area contributed by atoms with Gasteiger partial charge in [-0.15, -0.1) is 0 Å². The van der Waals surface area contributed by atoms with Crippen molar-refractivity contribution in [2.24, 2.45) is 0 Å². The lowest BCUT2D eigenvalue weighted by molar-refractivity contribution is 0.170. The number of hydrogen-bond acceptors (Lipinski definition) is 4. The lowest BCUT2D eigenvalue weighted by Crippen LogP contribution is -2.19. The molecule has 1 heterocycles. The number of rotatable bonds is 6. The molecule has 128 valence electrons. The van der Waals surface area contributed by atoms with E-state index in [2.05, 4.69) is 46.4 Å². The highest BCUT2D eigenvalue weighted by atomic mass is 79.9. The van der Waals surface area contributed by atoms with E-state index in [9.17, 15) is 0 Å². The normalized spacial score (nSPS) is 13.0. The fourth-order valence-corrected chi connectivity index (χ4v) is 3.43. The Morgan fingerprint density at radius 1 is 1.17 bits per heavy atom. The molecule has 4 nitrogen and oxygen atoms in total. The molecule has 0 saturated heterocycles. The predicted molar refractivity (Wildman–Crippen MR) is 98.3 cm³/mol. The van der Waals surface area contributed by atoms with Gasteiger partial charge < -0.3 is 19.5 Å². The van der Waals surface area contributed by atoms with Crippen LogP contribution in [0.5, 0.6) is 17.2 Å². The molecule has 0 bridgehead atoms. The zero-order chi connectivity index (χ0) is 16.9. The lowest BCUT2D eigenvalue weighted by Gasteiger charge is -2.20. The number of ether oxygens (including phenoxy) is 3. The van der Waals surface area contributed by atoms with Gasteiger partial charge in [0.2, 0.25) is 0 Å². The Labute approximate surface area is 151 Å². The van der Waals surface area contributed by atoms with Crippen LogP contribution in [0.25, 0.3) is 0 Å². The predicted octanol–water partition coefficient (Wildman–Crippen LogP) is 3.87. The van der Waals surface area contributed by atoms with Gasteiger partial charge in [0, 0.05) is 6.54 Å². The summed E-state index contributed by atoms with van der Waals surface area (Å²) in [5, 5.41) is 3.48. The van der Waals surface area contributed by atoms with Crippen molar-refractivity contribution in [3.8, 4) is 17.2 Å². The maximum Gasteiger partial charge on any atom is 0.175 e. The molecule has 0 fully saturated rings. The lowest BCUT2D eigenvalue weighted by atomic mass is 10.1. The van der Waals surface area contributed by atoms with Gasteiger partial charge in [-0.1, -0.05) is 17.7 Å². The maximum atomic E-state index is 5.66. The number of fused-ring (bicyclic) bond motifs is 1. The highest BCUT2D eigenvalue weighted by molar-refractivity contribution is 9.10. The van der Waals surface area contributed by atoms with Gasteiger partial charge in [0.15, 0.2) is 11.5 Å². The average Bonchev–Trinajstić information content (AvgIpc) is 2.59. The van der Waals surface area contributed by atoms with Gasteiger partial charge in [-0.3, -0.25) is 0 Å². The van der Waals surface area contributed by atoms with E-state index < -0.39 is 0 Å². The van der Waals surface area contributed by atoms with Crippen LogP contribution in [0.3, 0.4) is 0 Å². The largest absolute Gasteiger partial charge is 0.496 e. The average molecular weight is 392 g/mol. The number of aryl methyl sites for hydroxylation is 1. The van der Waals surface area contributed by atoms with Gasteiger partial charge in [0.1, 0.15) is 19.0 Å². The van der Waals surface area contributed by atoms with Crippen molar-refractivity contribution in [2.75, 3.05) is 26.9 Å².